The lowest BCUT2D eigenvalue weighted by Gasteiger charge is -2.30. The SMILES string of the molecule is CCCCCCCCCC(CSC)(OC)OC. The Bertz CT molecular complexity index is 158. The average Bonchev–Trinajstić information content (AvgIpc) is 2.36. The second-order valence-corrected chi connectivity index (χ2v) is 5.49. The Balaban J connectivity index is 3.61. The molecule has 3 heteroatoms. The number of thioether (sulfide) groups is 1. The molecule has 0 aromatic carbocycles. The topological polar surface area (TPSA) is 18.5 Å². The summed E-state index contributed by atoms with van der Waals surface area (Å²) in [5.41, 5.74) is 0. The van der Waals surface area contributed by atoms with Crippen LogP contribution in [0.15, 0.2) is 0 Å². The van der Waals surface area contributed by atoms with Gasteiger partial charge in [-0.15, -0.1) is 0 Å². The molecule has 0 N–H and O–H groups in total. The number of hydrogen-bond donors (Lipinski definition) is 0. The van der Waals surface area contributed by atoms with Crippen LogP contribution in [0.1, 0.15) is 58.3 Å². The number of rotatable bonds is 12. The van der Waals surface area contributed by atoms with E-state index in [2.05, 4.69) is 13.2 Å². The van der Waals surface area contributed by atoms with Crippen molar-refractivity contribution in [3.63, 3.8) is 0 Å². The first-order valence-electron chi connectivity index (χ1n) is 6.84. The van der Waals surface area contributed by atoms with Crippen LogP contribution < -0.4 is 0 Å². The van der Waals surface area contributed by atoms with Crippen LogP contribution in [0.4, 0.5) is 0 Å². The van der Waals surface area contributed by atoms with Gasteiger partial charge in [0.25, 0.3) is 0 Å². The first kappa shape index (κ1) is 17.3. The van der Waals surface area contributed by atoms with E-state index in [4.69, 9.17) is 9.47 Å². The van der Waals surface area contributed by atoms with Crippen LogP contribution in [-0.4, -0.2) is 32.0 Å². The van der Waals surface area contributed by atoms with E-state index >= 15 is 0 Å². The monoisotopic (exact) mass is 262 g/mol. The Kier molecular flexibility index (Phi) is 11.5. The molecule has 0 aromatic heterocycles. The fourth-order valence-corrected chi connectivity index (χ4v) is 2.87. The molecule has 0 radical (unpaired) electrons. The first-order valence-corrected chi connectivity index (χ1v) is 8.23. The molecule has 0 heterocycles. The van der Waals surface area contributed by atoms with E-state index in [1.54, 1.807) is 26.0 Å². The zero-order valence-corrected chi connectivity index (χ0v) is 12.9. The number of methoxy groups -OCH3 is 2. The zero-order chi connectivity index (χ0) is 13.0. The van der Waals surface area contributed by atoms with Gasteiger partial charge in [0.2, 0.25) is 0 Å². The fourth-order valence-electron chi connectivity index (χ4n) is 2.05. The van der Waals surface area contributed by atoms with Crippen LogP contribution in [0.3, 0.4) is 0 Å². The molecule has 0 bridgehead atoms. The molecule has 0 saturated carbocycles. The lowest BCUT2D eigenvalue weighted by molar-refractivity contribution is -0.193. The fraction of sp³-hybridized carbons (Fsp3) is 1.00. The lowest BCUT2D eigenvalue weighted by atomic mass is 10.1. The van der Waals surface area contributed by atoms with Gasteiger partial charge in [-0.2, -0.15) is 11.8 Å². The summed E-state index contributed by atoms with van der Waals surface area (Å²) in [7, 11) is 3.50. The van der Waals surface area contributed by atoms with Crippen molar-refractivity contribution < 1.29 is 9.47 Å². The summed E-state index contributed by atoms with van der Waals surface area (Å²) in [6.07, 6.45) is 12.4. The van der Waals surface area contributed by atoms with Crippen LogP contribution in [0.5, 0.6) is 0 Å². The molecule has 0 spiro atoms. The van der Waals surface area contributed by atoms with Crippen molar-refractivity contribution in [2.24, 2.45) is 0 Å². The summed E-state index contributed by atoms with van der Waals surface area (Å²) in [4.78, 5) is 0. The van der Waals surface area contributed by atoms with Gasteiger partial charge in [-0.25, -0.2) is 0 Å². The van der Waals surface area contributed by atoms with E-state index in [0.717, 1.165) is 12.2 Å². The number of unbranched alkanes of at least 4 members (excludes halogenated alkanes) is 6. The second kappa shape index (κ2) is 11.4. The Morgan fingerprint density at radius 1 is 0.882 bits per heavy atom. The number of ether oxygens (including phenoxy) is 2. The third-order valence-electron chi connectivity index (χ3n) is 3.27. The highest BCUT2D eigenvalue weighted by atomic mass is 32.2. The lowest BCUT2D eigenvalue weighted by Crippen LogP contribution is -2.36. The minimum Gasteiger partial charge on any atom is -0.352 e. The van der Waals surface area contributed by atoms with Gasteiger partial charge in [-0.1, -0.05) is 45.4 Å². The molecular weight excluding hydrogens is 232 g/mol. The smallest absolute Gasteiger partial charge is 0.176 e. The van der Waals surface area contributed by atoms with Gasteiger partial charge in [0.15, 0.2) is 5.79 Å². The highest BCUT2D eigenvalue weighted by molar-refractivity contribution is 7.98. The number of hydrogen-bond acceptors (Lipinski definition) is 3. The molecule has 0 aliphatic heterocycles. The second-order valence-electron chi connectivity index (χ2n) is 4.62. The van der Waals surface area contributed by atoms with Gasteiger partial charge in [0.1, 0.15) is 0 Å². The maximum absolute atomic E-state index is 5.53. The van der Waals surface area contributed by atoms with Crippen molar-refractivity contribution in [2.75, 3.05) is 26.2 Å². The first-order chi connectivity index (χ1) is 8.24. The molecule has 0 aliphatic carbocycles. The summed E-state index contributed by atoms with van der Waals surface area (Å²) in [5, 5.41) is 0. The van der Waals surface area contributed by atoms with E-state index in [9.17, 15) is 0 Å². The molecule has 104 valence electrons. The molecule has 0 aromatic rings. The maximum atomic E-state index is 5.53. The Morgan fingerprint density at radius 2 is 1.41 bits per heavy atom. The Labute approximate surface area is 112 Å². The molecule has 0 saturated heterocycles. The summed E-state index contributed by atoms with van der Waals surface area (Å²) >= 11 is 1.78. The van der Waals surface area contributed by atoms with Gasteiger partial charge in [0.05, 0.1) is 0 Å². The van der Waals surface area contributed by atoms with E-state index in [1.165, 1.54) is 44.9 Å². The standard InChI is InChI=1S/C14H30O2S/c1-5-6-7-8-9-10-11-12-14(15-2,16-3)13-17-4/h5-13H2,1-4H3. The largest absolute Gasteiger partial charge is 0.352 e. The van der Waals surface area contributed by atoms with Crippen molar-refractivity contribution in [2.45, 2.75) is 64.1 Å². The van der Waals surface area contributed by atoms with Crippen LogP contribution in [0.25, 0.3) is 0 Å². The summed E-state index contributed by atoms with van der Waals surface area (Å²) in [5.74, 6) is 0.554. The quantitative estimate of drug-likeness (QED) is 0.382. The van der Waals surface area contributed by atoms with Gasteiger partial charge in [-0.05, 0) is 12.7 Å². The van der Waals surface area contributed by atoms with Crippen molar-refractivity contribution >= 4 is 11.8 Å². The highest BCUT2D eigenvalue weighted by Crippen LogP contribution is 2.24. The minimum absolute atomic E-state index is 0.358. The maximum Gasteiger partial charge on any atom is 0.176 e. The van der Waals surface area contributed by atoms with E-state index in [-0.39, 0.29) is 5.79 Å². The Hall–Kier alpha value is 0.270. The molecule has 0 atom stereocenters. The van der Waals surface area contributed by atoms with Crippen molar-refractivity contribution in [3.05, 3.63) is 0 Å². The van der Waals surface area contributed by atoms with Crippen molar-refractivity contribution in [1.29, 1.82) is 0 Å². The molecule has 0 aliphatic rings. The molecule has 0 amide bonds. The summed E-state index contributed by atoms with van der Waals surface area (Å²) < 4.78 is 11.1. The molecule has 0 fully saturated rings. The van der Waals surface area contributed by atoms with Gasteiger partial charge < -0.3 is 9.47 Å². The van der Waals surface area contributed by atoms with Crippen molar-refractivity contribution in [1.82, 2.24) is 0 Å². The average molecular weight is 262 g/mol. The molecule has 17 heavy (non-hydrogen) atoms. The van der Waals surface area contributed by atoms with Gasteiger partial charge >= 0.3 is 0 Å². The van der Waals surface area contributed by atoms with Gasteiger partial charge in [-0.3, -0.25) is 0 Å². The van der Waals surface area contributed by atoms with E-state index in [1.807, 2.05) is 0 Å². The van der Waals surface area contributed by atoms with Crippen molar-refractivity contribution in [3.8, 4) is 0 Å². The predicted molar refractivity (Wildman–Crippen MR) is 77.7 cm³/mol. The van der Waals surface area contributed by atoms with Crippen LogP contribution >= 0.6 is 11.8 Å². The molecule has 0 unspecified atom stereocenters. The molecular formula is C14H30O2S. The molecule has 2 nitrogen and oxygen atoms in total. The van der Waals surface area contributed by atoms with Gasteiger partial charge in [0, 0.05) is 26.4 Å². The van der Waals surface area contributed by atoms with Crippen LogP contribution in [0.2, 0.25) is 0 Å². The third-order valence-corrected chi connectivity index (χ3v) is 4.00. The predicted octanol–water partition coefficient (Wildman–Crippen LogP) is 4.48. The van der Waals surface area contributed by atoms with Crippen LogP contribution in [-0.2, 0) is 9.47 Å². The summed E-state index contributed by atoms with van der Waals surface area (Å²) in [6.45, 7) is 2.26. The van der Waals surface area contributed by atoms with Crippen LogP contribution in [0, 0.1) is 0 Å². The van der Waals surface area contributed by atoms with E-state index in [0.29, 0.717) is 0 Å². The third kappa shape index (κ3) is 8.06. The molecule has 0 rings (SSSR count). The normalized spacial score (nSPS) is 12.0. The Morgan fingerprint density at radius 3 is 1.88 bits per heavy atom. The summed E-state index contributed by atoms with van der Waals surface area (Å²) in [6, 6.07) is 0. The highest BCUT2D eigenvalue weighted by Gasteiger charge is 2.27. The zero-order valence-electron chi connectivity index (χ0n) is 12.1. The van der Waals surface area contributed by atoms with E-state index < -0.39 is 0 Å². The minimum atomic E-state index is -0.358.